The maximum Gasteiger partial charge on any atom is 0.490 e. The predicted molar refractivity (Wildman–Crippen MR) is 303 cm³/mol. The number of aliphatic carboxylic acids is 1. The Bertz CT molecular complexity index is 3730. The first-order valence-electron chi connectivity index (χ1n) is 27.6. The molecule has 83 heavy (non-hydrogen) atoms. The van der Waals surface area contributed by atoms with Crippen LogP contribution in [-0.4, -0.2) is 222 Å². The van der Waals surface area contributed by atoms with Gasteiger partial charge in [0.15, 0.2) is 17.5 Å². The number of morpholine rings is 2. The van der Waals surface area contributed by atoms with Gasteiger partial charge in [0.1, 0.15) is 11.6 Å². The lowest BCUT2D eigenvalue weighted by atomic mass is 10.0. The molecule has 11 heterocycles. The molecule has 7 aromatic rings. The van der Waals surface area contributed by atoms with E-state index >= 15 is 0 Å². The van der Waals surface area contributed by atoms with E-state index in [4.69, 9.17) is 49.4 Å². The number of carboxylic acids is 1. The Balaban J connectivity index is 0.000000157. The SMILES string of the molecule is CS(=O)(=O)N1CCN(Cc2cnn3c(-c4cccc5c4C=NC5)cc(N4CCOCC4)nc23)CC1.CS(=O)(=O)N1CCN(Cc2cnn3c(-c4cccc5c4cnn5C4CCCCO4)cc(N4CCOCC4)nc23)CC1.O=C(O)C(F)(F)F. The minimum absolute atomic E-state index is 0.0441. The highest BCUT2D eigenvalue weighted by Gasteiger charge is 2.38. The third-order valence-corrected chi connectivity index (χ3v) is 18.3. The number of hydrogen-bond acceptors (Lipinski definition) is 18. The fourth-order valence-corrected chi connectivity index (χ4v) is 12.9. The fraction of sp³-hybridized carbons (Fsp3) is 0.500. The van der Waals surface area contributed by atoms with E-state index in [9.17, 15) is 30.0 Å². The molecule has 5 fully saturated rings. The second kappa shape index (κ2) is 24.5. The smallest absolute Gasteiger partial charge is 0.475 e. The summed E-state index contributed by atoms with van der Waals surface area (Å²) >= 11 is 0. The molecule has 0 aliphatic carbocycles. The number of sulfonamides is 2. The van der Waals surface area contributed by atoms with Crippen LogP contribution >= 0.6 is 0 Å². The molecule has 0 amide bonds. The number of ether oxygens (including phenoxy) is 3. The topological polar surface area (TPSA) is 243 Å². The molecular formula is C54H66F3N15O9S2. The molecular weight excluding hydrogens is 1120 g/mol. The number of alkyl halides is 3. The number of rotatable bonds is 11. The molecule has 13 rings (SSSR count). The van der Waals surface area contributed by atoms with Crippen molar-refractivity contribution in [3.05, 3.63) is 89.4 Å². The number of fused-ring (bicyclic) bond motifs is 4. The third-order valence-electron chi connectivity index (χ3n) is 15.7. The summed E-state index contributed by atoms with van der Waals surface area (Å²) in [6.45, 7) is 13.4. The summed E-state index contributed by atoms with van der Waals surface area (Å²) in [5.74, 6) is -0.932. The van der Waals surface area contributed by atoms with Crippen molar-refractivity contribution in [2.75, 3.05) is 134 Å². The van der Waals surface area contributed by atoms with Gasteiger partial charge in [0.2, 0.25) is 20.0 Å². The van der Waals surface area contributed by atoms with Crippen molar-refractivity contribution in [1.82, 2.24) is 57.4 Å². The number of nitrogens with zero attached hydrogens (tertiary/aromatic N) is 15. The van der Waals surface area contributed by atoms with Crippen LogP contribution in [0.5, 0.6) is 0 Å². The van der Waals surface area contributed by atoms with Gasteiger partial charge in [0.05, 0.1) is 81.0 Å². The Kier molecular flexibility index (Phi) is 17.1. The summed E-state index contributed by atoms with van der Waals surface area (Å²) in [4.78, 5) is 32.7. The van der Waals surface area contributed by atoms with Gasteiger partial charge >= 0.3 is 12.1 Å². The van der Waals surface area contributed by atoms with Crippen molar-refractivity contribution in [2.45, 2.75) is 51.3 Å². The highest BCUT2D eigenvalue weighted by atomic mass is 32.2. The summed E-state index contributed by atoms with van der Waals surface area (Å²) in [6, 6.07) is 16.9. The first-order chi connectivity index (χ1) is 39.9. The molecule has 6 aliphatic rings. The van der Waals surface area contributed by atoms with E-state index in [1.807, 2.05) is 38.5 Å². The number of anilines is 2. The Morgan fingerprint density at radius 3 is 1.65 bits per heavy atom. The average molecular weight is 1190 g/mol. The molecule has 0 bridgehead atoms. The molecule has 444 valence electrons. The summed E-state index contributed by atoms with van der Waals surface area (Å²) < 4.78 is 106. The molecule has 0 spiro atoms. The van der Waals surface area contributed by atoms with Gasteiger partial charge < -0.3 is 29.1 Å². The van der Waals surface area contributed by atoms with Crippen molar-refractivity contribution < 1.29 is 54.1 Å². The number of halogens is 3. The number of aromatic nitrogens is 8. The van der Waals surface area contributed by atoms with E-state index in [0.717, 1.165) is 125 Å². The monoisotopic (exact) mass is 1190 g/mol. The molecule has 0 radical (unpaired) electrons. The second-order valence-electron chi connectivity index (χ2n) is 21.2. The molecule has 1 N–H and O–H groups in total. The van der Waals surface area contributed by atoms with Gasteiger partial charge in [-0.25, -0.2) is 45.3 Å². The van der Waals surface area contributed by atoms with Crippen LogP contribution in [0.4, 0.5) is 24.8 Å². The largest absolute Gasteiger partial charge is 0.490 e. The van der Waals surface area contributed by atoms with E-state index in [-0.39, 0.29) is 6.23 Å². The van der Waals surface area contributed by atoms with Crippen LogP contribution in [0.1, 0.15) is 47.7 Å². The van der Waals surface area contributed by atoms with E-state index in [2.05, 4.69) is 73.1 Å². The standard InChI is InChI=1S/C28H36N8O4S.C24H29N7O3S.C2HF3O2/c1-41(37,38)34-10-8-32(9-11-34)20-21-18-29-36-25(17-26(31-28(21)36)33-12-15-39-16-13-33)22-5-4-6-24-23(22)19-30-35(24)27-7-2-3-14-40-27;1-35(32,33)30-7-5-28(6-8-30)17-19-15-26-31-22(20-4-2-3-18-14-25-16-21(18)20)13-23(27-24(19)31)29-9-11-34-12-10-29;3-2(4,5)1(6)7/h4-6,17-19,27H,2-3,7-16,20H2,1H3;2-4,13,15-16H,5-12,14,17H2,1H3;(H,6,7). The van der Waals surface area contributed by atoms with Gasteiger partial charge in [-0.3, -0.25) is 14.8 Å². The molecule has 0 saturated carbocycles. The number of carboxylic acid groups (broad SMARTS) is 1. The summed E-state index contributed by atoms with van der Waals surface area (Å²) in [6.07, 6.45) is 8.31. The van der Waals surface area contributed by atoms with Crippen molar-refractivity contribution in [3.8, 4) is 22.5 Å². The molecule has 24 nitrogen and oxygen atoms in total. The summed E-state index contributed by atoms with van der Waals surface area (Å²) in [5.41, 5.74) is 11.2. The zero-order chi connectivity index (χ0) is 58.0. The van der Waals surface area contributed by atoms with E-state index in [1.165, 1.54) is 18.1 Å². The van der Waals surface area contributed by atoms with Crippen LogP contribution in [0.15, 0.2) is 72.1 Å². The van der Waals surface area contributed by atoms with Crippen molar-refractivity contribution in [2.24, 2.45) is 4.99 Å². The number of hydrogen-bond donors (Lipinski definition) is 1. The lowest BCUT2D eigenvalue weighted by Gasteiger charge is -2.33. The van der Waals surface area contributed by atoms with Gasteiger partial charge in [-0.1, -0.05) is 30.3 Å². The van der Waals surface area contributed by atoms with Crippen LogP contribution in [0.2, 0.25) is 0 Å². The van der Waals surface area contributed by atoms with Crippen LogP contribution in [0.25, 0.3) is 44.7 Å². The van der Waals surface area contributed by atoms with Crippen LogP contribution < -0.4 is 9.80 Å². The van der Waals surface area contributed by atoms with Crippen molar-refractivity contribution in [3.63, 3.8) is 0 Å². The molecule has 2 aromatic carbocycles. The van der Waals surface area contributed by atoms with E-state index < -0.39 is 32.2 Å². The Morgan fingerprint density at radius 2 is 1.16 bits per heavy atom. The number of benzene rings is 2. The van der Waals surface area contributed by atoms with Crippen LogP contribution in [0.3, 0.4) is 0 Å². The normalized spacial score (nSPS) is 19.9. The Labute approximate surface area is 477 Å². The average Bonchev–Trinajstić information content (AvgIpc) is 3.23. The molecule has 5 saturated heterocycles. The molecule has 29 heteroatoms. The van der Waals surface area contributed by atoms with Crippen LogP contribution in [0, 0.1) is 0 Å². The van der Waals surface area contributed by atoms with Gasteiger partial charge in [-0.15, -0.1) is 0 Å². The predicted octanol–water partition coefficient (Wildman–Crippen LogP) is 4.23. The number of piperazine rings is 2. The zero-order valence-corrected chi connectivity index (χ0v) is 47.8. The minimum atomic E-state index is -5.08. The number of aliphatic imine (C=N–C) groups is 1. The molecule has 5 aromatic heterocycles. The molecule has 1 atom stereocenters. The first-order valence-corrected chi connectivity index (χ1v) is 31.3. The Morgan fingerprint density at radius 1 is 0.651 bits per heavy atom. The molecule has 1 unspecified atom stereocenters. The van der Waals surface area contributed by atoms with Crippen molar-refractivity contribution >= 4 is 66.1 Å². The van der Waals surface area contributed by atoms with Gasteiger partial charge in [0, 0.05) is 150 Å². The van der Waals surface area contributed by atoms with Crippen molar-refractivity contribution in [1.29, 1.82) is 0 Å². The highest BCUT2D eigenvalue weighted by molar-refractivity contribution is 7.88. The zero-order valence-electron chi connectivity index (χ0n) is 46.1. The van der Waals surface area contributed by atoms with Crippen LogP contribution in [-0.2, 0) is 58.7 Å². The summed E-state index contributed by atoms with van der Waals surface area (Å²) in [5, 5.41) is 22.5. The molecule has 6 aliphatic heterocycles. The van der Waals surface area contributed by atoms with Gasteiger partial charge in [-0.2, -0.15) is 37.1 Å². The van der Waals surface area contributed by atoms with E-state index in [1.54, 1.807) is 8.61 Å². The lowest BCUT2D eigenvalue weighted by Crippen LogP contribution is -2.47. The minimum Gasteiger partial charge on any atom is -0.475 e. The first kappa shape index (κ1) is 58.1. The maximum absolute atomic E-state index is 12.0. The van der Waals surface area contributed by atoms with Gasteiger partial charge in [0.25, 0.3) is 0 Å². The Hall–Kier alpha value is -6.70. The van der Waals surface area contributed by atoms with E-state index in [0.29, 0.717) is 98.4 Å². The number of carbonyl (C=O) groups is 1. The quantitative estimate of drug-likeness (QED) is 0.190. The maximum atomic E-state index is 12.0. The summed E-state index contributed by atoms with van der Waals surface area (Å²) in [7, 11) is -6.33. The second-order valence-corrected chi connectivity index (χ2v) is 25.1. The third kappa shape index (κ3) is 13.0. The highest BCUT2D eigenvalue weighted by Crippen LogP contribution is 2.36. The fourth-order valence-electron chi connectivity index (χ4n) is 11.2. The lowest BCUT2D eigenvalue weighted by molar-refractivity contribution is -0.192. The van der Waals surface area contributed by atoms with Gasteiger partial charge in [-0.05, 0) is 30.9 Å².